The maximum atomic E-state index is 12.1. The number of amides is 1. The molecule has 0 saturated carbocycles. The first kappa shape index (κ1) is 19.0. The average Bonchev–Trinajstić information content (AvgIpc) is 3.41. The van der Waals surface area contributed by atoms with Gasteiger partial charge in [-0.3, -0.25) is 9.48 Å². The van der Waals surface area contributed by atoms with Crippen LogP contribution in [0.4, 0.5) is 0 Å². The largest absolute Gasteiger partial charge is 0.381 e. The molecule has 9 nitrogen and oxygen atoms in total. The van der Waals surface area contributed by atoms with Gasteiger partial charge in [0.25, 0.3) is 0 Å². The average molecular weight is 408 g/mol. The molecule has 2 fully saturated rings. The molecule has 9 heteroatoms. The van der Waals surface area contributed by atoms with Gasteiger partial charge in [0.1, 0.15) is 18.4 Å². The topological polar surface area (TPSA) is 96.1 Å². The molecule has 2 saturated heterocycles. The Morgan fingerprint density at radius 2 is 1.97 bits per heavy atom. The second-order valence-electron chi connectivity index (χ2n) is 7.69. The van der Waals surface area contributed by atoms with Gasteiger partial charge in [0.2, 0.25) is 5.91 Å². The maximum Gasteiger partial charge on any atom is 0.246 e. The van der Waals surface area contributed by atoms with Crippen molar-refractivity contribution in [2.24, 2.45) is 7.05 Å². The first-order chi connectivity index (χ1) is 14.7. The van der Waals surface area contributed by atoms with Crippen LogP contribution >= 0.6 is 0 Å². The van der Waals surface area contributed by atoms with E-state index in [1.54, 1.807) is 15.6 Å². The van der Waals surface area contributed by atoms with Crippen molar-refractivity contribution in [1.82, 2.24) is 29.9 Å². The van der Waals surface area contributed by atoms with E-state index in [4.69, 9.17) is 19.6 Å². The zero-order valence-corrected chi connectivity index (χ0v) is 16.8. The molecule has 0 bridgehead atoms. The third kappa shape index (κ3) is 3.61. The van der Waals surface area contributed by atoms with Gasteiger partial charge >= 0.3 is 0 Å². The molecule has 2 aliphatic heterocycles. The van der Waals surface area contributed by atoms with Gasteiger partial charge in [-0.25, -0.2) is 9.67 Å². The molecule has 2 atom stereocenters. The van der Waals surface area contributed by atoms with Crippen LogP contribution in [-0.4, -0.2) is 50.3 Å². The Labute approximate surface area is 174 Å². The molecule has 2 aliphatic rings. The number of hydrogen-bond acceptors (Lipinski definition) is 6. The van der Waals surface area contributed by atoms with E-state index in [0.717, 1.165) is 29.9 Å². The number of aryl methyl sites for hydroxylation is 1. The van der Waals surface area contributed by atoms with Gasteiger partial charge in [0.15, 0.2) is 11.6 Å². The third-order valence-electron chi connectivity index (χ3n) is 5.60. The Morgan fingerprint density at radius 1 is 1.17 bits per heavy atom. The van der Waals surface area contributed by atoms with Crippen LogP contribution in [0.25, 0.3) is 5.69 Å². The Kier molecular flexibility index (Phi) is 5.06. The lowest BCUT2D eigenvalue weighted by molar-refractivity contribution is -0.138. The molecular formula is C21H24N6O3. The molecule has 3 aromatic rings. The molecule has 4 heterocycles. The quantitative estimate of drug-likeness (QED) is 0.708. The molecule has 1 aromatic carbocycles. The van der Waals surface area contributed by atoms with E-state index in [1.165, 1.54) is 0 Å². The molecular weight excluding hydrogens is 384 g/mol. The van der Waals surface area contributed by atoms with E-state index in [2.05, 4.69) is 10.4 Å². The zero-order chi connectivity index (χ0) is 20.5. The van der Waals surface area contributed by atoms with Gasteiger partial charge in [-0.1, -0.05) is 30.3 Å². The summed E-state index contributed by atoms with van der Waals surface area (Å²) in [6.07, 6.45) is 4.96. The highest BCUT2D eigenvalue weighted by molar-refractivity contribution is 5.78. The minimum atomic E-state index is -0.466. The fourth-order valence-electron chi connectivity index (χ4n) is 4.06. The van der Waals surface area contributed by atoms with Gasteiger partial charge in [-0.2, -0.15) is 10.2 Å². The molecule has 0 aliphatic carbocycles. The van der Waals surface area contributed by atoms with Gasteiger partial charge in [0, 0.05) is 26.2 Å². The van der Waals surface area contributed by atoms with Crippen molar-refractivity contribution in [1.29, 1.82) is 0 Å². The number of morpholine rings is 1. The van der Waals surface area contributed by atoms with E-state index in [1.807, 2.05) is 43.6 Å². The molecule has 30 heavy (non-hydrogen) atoms. The van der Waals surface area contributed by atoms with E-state index in [0.29, 0.717) is 19.0 Å². The van der Waals surface area contributed by atoms with Gasteiger partial charge < -0.3 is 14.8 Å². The van der Waals surface area contributed by atoms with Crippen LogP contribution in [0, 0.1) is 0 Å². The predicted molar refractivity (Wildman–Crippen MR) is 107 cm³/mol. The molecule has 0 unspecified atom stereocenters. The lowest BCUT2D eigenvalue weighted by Crippen LogP contribution is -2.42. The second kappa shape index (κ2) is 8.00. The second-order valence-corrected chi connectivity index (χ2v) is 7.69. The summed E-state index contributed by atoms with van der Waals surface area (Å²) in [4.78, 5) is 17.1. The summed E-state index contributed by atoms with van der Waals surface area (Å²) < 4.78 is 15.1. The fourth-order valence-corrected chi connectivity index (χ4v) is 4.06. The molecule has 0 spiro atoms. The Morgan fingerprint density at radius 3 is 2.70 bits per heavy atom. The van der Waals surface area contributed by atoms with E-state index in [-0.39, 0.29) is 24.5 Å². The monoisotopic (exact) mass is 408 g/mol. The molecule has 5 rings (SSSR count). The number of carbonyl (C=O) groups excluding carboxylic acids is 1. The number of aromatic nitrogens is 5. The zero-order valence-electron chi connectivity index (χ0n) is 16.8. The summed E-state index contributed by atoms with van der Waals surface area (Å²) >= 11 is 0. The fraction of sp³-hybridized carbons (Fsp3) is 0.429. The van der Waals surface area contributed by atoms with Crippen LogP contribution in [0.5, 0.6) is 0 Å². The van der Waals surface area contributed by atoms with E-state index >= 15 is 0 Å². The van der Waals surface area contributed by atoms with Gasteiger partial charge in [-0.15, -0.1) is 0 Å². The molecule has 156 valence electrons. The number of ether oxygens (including phenoxy) is 2. The molecule has 1 amide bonds. The van der Waals surface area contributed by atoms with E-state index in [9.17, 15) is 4.79 Å². The minimum absolute atomic E-state index is 0.0134. The van der Waals surface area contributed by atoms with E-state index < -0.39 is 6.10 Å². The lowest BCUT2D eigenvalue weighted by Gasteiger charge is -2.32. The van der Waals surface area contributed by atoms with Crippen LogP contribution in [0.2, 0.25) is 0 Å². The molecule has 2 aromatic heterocycles. The van der Waals surface area contributed by atoms with Crippen molar-refractivity contribution in [3.05, 3.63) is 59.9 Å². The summed E-state index contributed by atoms with van der Waals surface area (Å²) in [5.74, 6) is 1.55. The third-order valence-corrected chi connectivity index (χ3v) is 5.60. The smallest absolute Gasteiger partial charge is 0.246 e. The van der Waals surface area contributed by atoms with Crippen molar-refractivity contribution in [3.8, 4) is 5.69 Å². The number of rotatable bonds is 4. The van der Waals surface area contributed by atoms with Crippen LogP contribution in [0.15, 0.2) is 42.7 Å². The minimum Gasteiger partial charge on any atom is -0.381 e. The summed E-state index contributed by atoms with van der Waals surface area (Å²) in [7, 11) is 1.86. The number of nitrogens with one attached hydrogen (secondary N) is 1. The number of nitrogens with zero attached hydrogens (tertiary/aromatic N) is 5. The van der Waals surface area contributed by atoms with Crippen LogP contribution < -0.4 is 5.32 Å². The first-order valence-electron chi connectivity index (χ1n) is 10.2. The lowest BCUT2D eigenvalue weighted by atomic mass is 9.98. The van der Waals surface area contributed by atoms with Crippen molar-refractivity contribution in [2.45, 2.75) is 30.9 Å². The Bertz CT molecular complexity index is 1020. The first-order valence-corrected chi connectivity index (χ1v) is 10.2. The highest BCUT2D eigenvalue weighted by Gasteiger charge is 2.37. The number of carbonyl (C=O) groups is 1. The normalized spacial score (nSPS) is 22.8. The van der Waals surface area contributed by atoms with Crippen molar-refractivity contribution < 1.29 is 14.3 Å². The standard InChI is InChI=1S/C21H24N6O3/c1-26-12-16(11-22-26)27-21(24-20(25-27)15-7-9-29-10-8-15)19-18(23-17(28)13-30-19)14-5-3-2-4-6-14/h2-6,11-12,15,18-19H,7-10,13H2,1H3,(H,23,28)/t18-,19+/m1/s1. The summed E-state index contributed by atoms with van der Waals surface area (Å²) in [5.41, 5.74) is 1.77. The van der Waals surface area contributed by atoms with Crippen LogP contribution in [0.1, 0.15) is 48.1 Å². The summed E-state index contributed by atoms with van der Waals surface area (Å²) in [6, 6.07) is 9.47. The van der Waals surface area contributed by atoms with Crippen LogP contribution in [0.3, 0.4) is 0 Å². The highest BCUT2D eigenvalue weighted by atomic mass is 16.5. The molecule has 0 radical (unpaired) electrons. The summed E-state index contributed by atoms with van der Waals surface area (Å²) in [6.45, 7) is 1.41. The number of benzene rings is 1. The van der Waals surface area contributed by atoms with Gasteiger partial charge in [0.05, 0.1) is 18.4 Å². The number of hydrogen-bond donors (Lipinski definition) is 1. The molecule has 1 N–H and O–H groups in total. The maximum absolute atomic E-state index is 12.1. The van der Waals surface area contributed by atoms with Crippen LogP contribution in [-0.2, 0) is 21.3 Å². The van der Waals surface area contributed by atoms with Crippen molar-refractivity contribution in [3.63, 3.8) is 0 Å². The summed E-state index contributed by atoms with van der Waals surface area (Å²) in [5, 5.41) is 12.2. The van der Waals surface area contributed by atoms with Crippen molar-refractivity contribution in [2.75, 3.05) is 19.8 Å². The Balaban J connectivity index is 1.58. The van der Waals surface area contributed by atoms with Gasteiger partial charge in [-0.05, 0) is 18.4 Å². The Hall–Kier alpha value is -3.04. The SMILES string of the molecule is Cn1cc(-n2nc(C3CCOCC3)nc2[C@H]2OCC(=O)N[C@@H]2c2ccccc2)cn1. The van der Waals surface area contributed by atoms with Crippen molar-refractivity contribution >= 4 is 5.91 Å². The predicted octanol–water partition coefficient (Wildman–Crippen LogP) is 1.82. The highest BCUT2D eigenvalue weighted by Crippen LogP contribution is 2.36.